The van der Waals surface area contributed by atoms with Gasteiger partial charge in [-0.3, -0.25) is 0 Å². The van der Waals surface area contributed by atoms with Crippen LogP contribution < -0.4 is 4.74 Å². The lowest BCUT2D eigenvalue weighted by molar-refractivity contribution is 0.292. The molecule has 0 heterocycles. The number of unbranched alkanes of at least 4 members (excludes halogenated alkanes) is 2. The Morgan fingerprint density at radius 3 is 2.41 bits per heavy atom. The van der Waals surface area contributed by atoms with E-state index in [-0.39, 0.29) is 11.6 Å². The number of rotatable bonds is 5. The van der Waals surface area contributed by atoms with E-state index in [1.807, 2.05) is 19.1 Å². The second-order valence-corrected chi connectivity index (χ2v) is 5.91. The van der Waals surface area contributed by atoms with Gasteiger partial charge in [0.1, 0.15) is 5.82 Å². The molecule has 0 saturated heterocycles. The third-order valence-electron chi connectivity index (χ3n) is 4.42. The third kappa shape index (κ3) is 2.20. The van der Waals surface area contributed by atoms with E-state index in [0.29, 0.717) is 23.3 Å². The highest BCUT2D eigenvalue weighted by Gasteiger charge is 2.32. The summed E-state index contributed by atoms with van der Waals surface area (Å²) in [4.78, 5) is 0. The van der Waals surface area contributed by atoms with E-state index in [1.165, 1.54) is 0 Å². The van der Waals surface area contributed by atoms with E-state index in [4.69, 9.17) is 4.74 Å². The number of ether oxygens (including phenoxy) is 1. The predicted octanol–water partition coefficient (Wildman–Crippen LogP) is 5.80. The van der Waals surface area contributed by atoms with Crippen LogP contribution in [0.2, 0.25) is 0 Å². The van der Waals surface area contributed by atoms with E-state index >= 15 is 0 Å². The average molecular weight is 302 g/mol. The Balaban J connectivity index is 1.93. The van der Waals surface area contributed by atoms with Gasteiger partial charge < -0.3 is 4.74 Å². The van der Waals surface area contributed by atoms with Gasteiger partial charge in [-0.2, -0.15) is 0 Å². The smallest absolute Gasteiger partial charge is 0.173 e. The normalized spacial score (nSPS) is 11.7. The minimum Gasteiger partial charge on any atom is -0.490 e. The second kappa shape index (κ2) is 5.71. The molecule has 116 valence electrons. The first kappa shape index (κ1) is 15.0. The summed E-state index contributed by atoms with van der Waals surface area (Å²) in [6, 6.07) is 5.40. The van der Waals surface area contributed by atoms with E-state index in [2.05, 4.69) is 6.92 Å². The Labute approximate surface area is 129 Å². The lowest BCUT2D eigenvalue weighted by atomic mass is 9.77. The van der Waals surface area contributed by atoms with E-state index < -0.39 is 5.82 Å². The van der Waals surface area contributed by atoms with Crippen molar-refractivity contribution in [3.63, 3.8) is 0 Å². The zero-order chi connectivity index (χ0) is 15.9. The van der Waals surface area contributed by atoms with Crippen LogP contribution in [0.15, 0.2) is 18.2 Å². The number of halogens is 2. The third-order valence-corrected chi connectivity index (χ3v) is 4.42. The molecule has 0 atom stereocenters. The summed E-state index contributed by atoms with van der Waals surface area (Å²) in [6.45, 7) is 6.20. The van der Waals surface area contributed by atoms with Gasteiger partial charge in [0.15, 0.2) is 11.6 Å². The number of aryl methyl sites for hydroxylation is 1. The minimum absolute atomic E-state index is 0.220. The minimum atomic E-state index is -0.441. The van der Waals surface area contributed by atoms with Crippen LogP contribution in [0.1, 0.15) is 37.3 Å². The van der Waals surface area contributed by atoms with Crippen molar-refractivity contribution in [1.29, 1.82) is 0 Å². The number of hydrogen-bond donors (Lipinski definition) is 0. The largest absolute Gasteiger partial charge is 0.490 e. The molecule has 22 heavy (non-hydrogen) atoms. The fourth-order valence-corrected chi connectivity index (χ4v) is 2.94. The van der Waals surface area contributed by atoms with Crippen LogP contribution in [0.4, 0.5) is 8.78 Å². The molecule has 3 rings (SSSR count). The van der Waals surface area contributed by atoms with Gasteiger partial charge in [0.05, 0.1) is 6.61 Å². The maximum atomic E-state index is 14.6. The van der Waals surface area contributed by atoms with Crippen molar-refractivity contribution in [2.75, 3.05) is 6.61 Å². The van der Waals surface area contributed by atoms with Crippen molar-refractivity contribution in [3.05, 3.63) is 41.0 Å². The highest BCUT2D eigenvalue weighted by Crippen LogP contribution is 2.52. The number of hydrogen-bond acceptors (Lipinski definition) is 1. The molecule has 2 aromatic carbocycles. The SMILES string of the molecule is CCCCCOc1ccc2c(c1F)-c1c-2cc(C)c(C)c1F. The predicted molar refractivity (Wildman–Crippen MR) is 85.3 cm³/mol. The van der Waals surface area contributed by atoms with Gasteiger partial charge in [-0.25, -0.2) is 8.78 Å². The van der Waals surface area contributed by atoms with Crippen molar-refractivity contribution in [2.45, 2.75) is 40.0 Å². The quantitative estimate of drug-likeness (QED) is 0.541. The van der Waals surface area contributed by atoms with Crippen molar-refractivity contribution >= 4 is 0 Å². The van der Waals surface area contributed by atoms with Crippen LogP contribution in [-0.4, -0.2) is 6.61 Å². The Bertz CT molecular complexity index is 735. The first-order chi connectivity index (χ1) is 10.6. The zero-order valence-corrected chi connectivity index (χ0v) is 13.2. The Hall–Kier alpha value is -1.90. The molecule has 0 fully saturated rings. The molecule has 1 nitrogen and oxygen atoms in total. The lowest BCUT2D eigenvalue weighted by Crippen LogP contribution is -2.09. The molecule has 0 N–H and O–H groups in total. The van der Waals surface area contributed by atoms with Crippen LogP contribution >= 0.6 is 0 Å². The van der Waals surface area contributed by atoms with Gasteiger partial charge in [-0.15, -0.1) is 0 Å². The number of fused-ring (bicyclic) bond motifs is 4. The van der Waals surface area contributed by atoms with Crippen molar-refractivity contribution < 1.29 is 13.5 Å². The summed E-state index contributed by atoms with van der Waals surface area (Å²) in [6.07, 6.45) is 3.05. The molecular weight excluding hydrogens is 282 g/mol. The molecule has 0 aromatic heterocycles. The van der Waals surface area contributed by atoms with Gasteiger partial charge in [0, 0.05) is 11.1 Å². The van der Waals surface area contributed by atoms with Crippen molar-refractivity contribution in [3.8, 4) is 28.0 Å². The number of benzene rings is 2. The zero-order valence-electron chi connectivity index (χ0n) is 13.2. The summed E-state index contributed by atoms with van der Waals surface area (Å²) in [5.74, 6) is -0.536. The van der Waals surface area contributed by atoms with Gasteiger partial charge in [0.25, 0.3) is 0 Å². The lowest BCUT2D eigenvalue weighted by Gasteiger charge is -2.27. The molecule has 0 radical (unpaired) electrons. The summed E-state index contributed by atoms with van der Waals surface area (Å²) < 4.78 is 34.6. The Kier molecular flexibility index (Phi) is 3.90. The van der Waals surface area contributed by atoms with Crippen molar-refractivity contribution in [1.82, 2.24) is 0 Å². The van der Waals surface area contributed by atoms with E-state index in [0.717, 1.165) is 36.0 Å². The highest BCUT2D eigenvalue weighted by atomic mass is 19.1. The summed E-state index contributed by atoms with van der Waals surface area (Å²) >= 11 is 0. The fraction of sp³-hybridized carbons (Fsp3) is 0.368. The van der Waals surface area contributed by atoms with Gasteiger partial charge >= 0.3 is 0 Å². The molecule has 0 bridgehead atoms. The van der Waals surface area contributed by atoms with Crippen molar-refractivity contribution in [2.24, 2.45) is 0 Å². The standard InChI is InChI=1S/C19H20F2O/c1-4-5-6-9-22-15-8-7-13-14-10-11(2)12(3)18(20)17(14)16(13)19(15)21/h7-8,10H,4-6,9H2,1-3H3. The summed E-state index contributed by atoms with van der Waals surface area (Å²) in [5, 5.41) is 0. The van der Waals surface area contributed by atoms with Crippen LogP contribution in [0.25, 0.3) is 22.3 Å². The molecule has 1 aliphatic rings. The Morgan fingerprint density at radius 2 is 1.68 bits per heavy atom. The maximum Gasteiger partial charge on any atom is 0.173 e. The average Bonchev–Trinajstić information content (AvgIpc) is 2.49. The highest BCUT2D eigenvalue weighted by molar-refractivity contribution is 6.04. The van der Waals surface area contributed by atoms with Gasteiger partial charge in [-0.05, 0) is 54.7 Å². The fourth-order valence-electron chi connectivity index (χ4n) is 2.94. The van der Waals surface area contributed by atoms with Crippen LogP contribution in [0, 0.1) is 25.5 Å². The molecule has 2 aromatic rings. The van der Waals surface area contributed by atoms with Gasteiger partial charge in [0.2, 0.25) is 0 Å². The summed E-state index contributed by atoms with van der Waals surface area (Å²) in [7, 11) is 0. The molecule has 0 saturated carbocycles. The van der Waals surface area contributed by atoms with Gasteiger partial charge in [-0.1, -0.05) is 25.8 Å². The van der Waals surface area contributed by atoms with Crippen LogP contribution in [0.3, 0.4) is 0 Å². The van der Waals surface area contributed by atoms with Crippen LogP contribution in [0.5, 0.6) is 5.75 Å². The first-order valence-electron chi connectivity index (χ1n) is 7.82. The van der Waals surface area contributed by atoms with E-state index in [1.54, 1.807) is 13.0 Å². The summed E-state index contributed by atoms with van der Waals surface area (Å²) in [5.41, 5.74) is 3.81. The maximum absolute atomic E-state index is 14.6. The topological polar surface area (TPSA) is 9.23 Å². The second-order valence-electron chi connectivity index (χ2n) is 5.91. The molecule has 0 aliphatic heterocycles. The van der Waals surface area contributed by atoms with E-state index in [9.17, 15) is 8.78 Å². The molecule has 0 unspecified atom stereocenters. The van der Waals surface area contributed by atoms with Crippen LogP contribution in [-0.2, 0) is 0 Å². The molecule has 3 heteroatoms. The monoisotopic (exact) mass is 302 g/mol. The molecule has 1 aliphatic carbocycles. The molecule has 0 amide bonds. The molecule has 0 spiro atoms. The molecular formula is C19H20F2O. The Morgan fingerprint density at radius 1 is 0.955 bits per heavy atom. The first-order valence-corrected chi connectivity index (χ1v) is 7.82.